The average molecular weight is 226 g/mol. The molecule has 2 rings (SSSR count). The number of hydrogen-bond acceptors (Lipinski definition) is 4. The van der Waals surface area contributed by atoms with Crippen LogP contribution >= 0.6 is 11.3 Å². The summed E-state index contributed by atoms with van der Waals surface area (Å²) in [7, 11) is 0. The summed E-state index contributed by atoms with van der Waals surface area (Å²) in [6.45, 7) is 3.48. The number of thiazole rings is 1. The number of aryl methyl sites for hydroxylation is 1. The Kier molecular flexibility index (Phi) is 2.90. The Morgan fingerprint density at radius 3 is 3.13 bits per heavy atom. The molecule has 4 nitrogen and oxygen atoms in total. The normalized spacial score (nSPS) is 21.7. The number of rotatable bonds is 2. The van der Waals surface area contributed by atoms with Gasteiger partial charge in [0.15, 0.2) is 5.13 Å². The second kappa shape index (κ2) is 4.18. The summed E-state index contributed by atoms with van der Waals surface area (Å²) in [5.41, 5.74) is 1.01. The van der Waals surface area contributed by atoms with Crippen LogP contribution in [0.1, 0.15) is 18.5 Å². The standard InChI is InChI=1S/C10H14N2O2S/c1-7-6-15-10(11-7)12-4-2-3-8(5-12)9(13)14/h6,8H,2-5H2,1H3,(H,13,14)/t8-/m0/s1. The Balaban J connectivity index is 2.07. The average Bonchev–Trinajstić information content (AvgIpc) is 2.65. The molecule has 15 heavy (non-hydrogen) atoms. The van der Waals surface area contributed by atoms with Crippen LogP contribution in [0.4, 0.5) is 5.13 Å². The molecule has 1 aliphatic heterocycles. The fraction of sp³-hybridized carbons (Fsp3) is 0.600. The first-order chi connectivity index (χ1) is 7.16. The lowest BCUT2D eigenvalue weighted by atomic mass is 9.99. The molecule has 0 bridgehead atoms. The predicted octanol–water partition coefficient (Wildman–Crippen LogP) is 1.75. The summed E-state index contributed by atoms with van der Waals surface area (Å²) < 4.78 is 0. The number of nitrogens with zero attached hydrogens (tertiary/aromatic N) is 2. The maximum absolute atomic E-state index is 10.9. The zero-order valence-corrected chi connectivity index (χ0v) is 9.46. The smallest absolute Gasteiger partial charge is 0.308 e. The summed E-state index contributed by atoms with van der Waals surface area (Å²) in [4.78, 5) is 17.4. The molecule has 1 aromatic rings. The van der Waals surface area contributed by atoms with Crippen molar-refractivity contribution in [2.45, 2.75) is 19.8 Å². The van der Waals surface area contributed by atoms with E-state index in [9.17, 15) is 4.79 Å². The van der Waals surface area contributed by atoms with E-state index in [1.165, 1.54) is 0 Å². The van der Waals surface area contributed by atoms with Gasteiger partial charge in [-0.3, -0.25) is 4.79 Å². The largest absolute Gasteiger partial charge is 0.481 e. The number of anilines is 1. The van der Waals surface area contributed by atoms with Gasteiger partial charge in [-0.25, -0.2) is 4.98 Å². The SMILES string of the molecule is Cc1csc(N2CCC[C@H](C(=O)O)C2)n1. The quantitative estimate of drug-likeness (QED) is 0.834. The Morgan fingerprint density at radius 2 is 2.53 bits per heavy atom. The van der Waals surface area contributed by atoms with Crippen molar-refractivity contribution in [3.05, 3.63) is 11.1 Å². The minimum absolute atomic E-state index is 0.233. The summed E-state index contributed by atoms with van der Waals surface area (Å²) in [5.74, 6) is -0.920. The fourth-order valence-electron chi connectivity index (χ4n) is 1.84. The molecular weight excluding hydrogens is 212 g/mol. The molecule has 5 heteroatoms. The Bertz CT molecular complexity index is 364. The molecular formula is C10H14N2O2S. The fourth-order valence-corrected chi connectivity index (χ4v) is 2.68. The van der Waals surface area contributed by atoms with Crippen LogP contribution in [0.2, 0.25) is 0 Å². The molecule has 82 valence electrons. The van der Waals surface area contributed by atoms with Gasteiger partial charge in [0.05, 0.1) is 11.6 Å². The van der Waals surface area contributed by atoms with Gasteiger partial charge in [-0.1, -0.05) is 0 Å². The van der Waals surface area contributed by atoms with E-state index in [0.717, 1.165) is 30.2 Å². The minimum Gasteiger partial charge on any atom is -0.481 e. The van der Waals surface area contributed by atoms with Crippen molar-refractivity contribution < 1.29 is 9.90 Å². The predicted molar refractivity (Wildman–Crippen MR) is 59.4 cm³/mol. The van der Waals surface area contributed by atoms with E-state index in [4.69, 9.17) is 5.11 Å². The van der Waals surface area contributed by atoms with Crippen LogP contribution < -0.4 is 4.90 Å². The van der Waals surface area contributed by atoms with Gasteiger partial charge in [-0.2, -0.15) is 0 Å². The lowest BCUT2D eigenvalue weighted by Crippen LogP contribution is -2.38. The van der Waals surface area contributed by atoms with Crippen LogP contribution in [0.3, 0.4) is 0 Å². The van der Waals surface area contributed by atoms with E-state index in [1.807, 2.05) is 12.3 Å². The zero-order chi connectivity index (χ0) is 10.8. The summed E-state index contributed by atoms with van der Waals surface area (Å²) in [5, 5.41) is 11.9. The maximum atomic E-state index is 10.9. The molecule has 0 radical (unpaired) electrons. The Labute approximate surface area is 92.6 Å². The molecule has 1 fully saturated rings. The molecule has 1 aromatic heterocycles. The molecule has 1 atom stereocenters. The molecule has 0 saturated carbocycles. The van der Waals surface area contributed by atoms with Crippen molar-refractivity contribution in [1.29, 1.82) is 0 Å². The van der Waals surface area contributed by atoms with Crippen molar-refractivity contribution in [3.63, 3.8) is 0 Å². The molecule has 0 spiro atoms. The molecule has 2 heterocycles. The zero-order valence-electron chi connectivity index (χ0n) is 8.64. The van der Waals surface area contributed by atoms with Crippen molar-refractivity contribution in [2.75, 3.05) is 18.0 Å². The first kappa shape index (κ1) is 10.4. The van der Waals surface area contributed by atoms with Gasteiger partial charge in [0.2, 0.25) is 0 Å². The number of carbonyl (C=O) groups is 1. The van der Waals surface area contributed by atoms with E-state index in [-0.39, 0.29) is 5.92 Å². The van der Waals surface area contributed by atoms with Gasteiger partial charge in [0, 0.05) is 18.5 Å². The lowest BCUT2D eigenvalue weighted by molar-refractivity contribution is -0.141. The van der Waals surface area contributed by atoms with Gasteiger partial charge >= 0.3 is 5.97 Å². The molecule has 0 aromatic carbocycles. The van der Waals surface area contributed by atoms with Gasteiger partial charge in [0.1, 0.15) is 0 Å². The number of carboxylic acids is 1. The van der Waals surface area contributed by atoms with Crippen molar-refractivity contribution in [3.8, 4) is 0 Å². The van der Waals surface area contributed by atoms with E-state index >= 15 is 0 Å². The molecule has 0 aliphatic carbocycles. The van der Waals surface area contributed by atoms with Crippen LogP contribution in [-0.2, 0) is 4.79 Å². The van der Waals surface area contributed by atoms with Crippen molar-refractivity contribution >= 4 is 22.4 Å². The van der Waals surface area contributed by atoms with Crippen LogP contribution in [-0.4, -0.2) is 29.1 Å². The number of aliphatic carboxylic acids is 1. The Morgan fingerprint density at radius 1 is 1.73 bits per heavy atom. The first-order valence-corrected chi connectivity index (χ1v) is 5.94. The summed E-state index contributed by atoms with van der Waals surface area (Å²) >= 11 is 1.59. The maximum Gasteiger partial charge on any atom is 0.308 e. The molecule has 1 saturated heterocycles. The van der Waals surface area contributed by atoms with E-state index in [1.54, 1.807) is 11.3 Å². The molecule has 0 unspecified atom stereocenters. The van der Waals surface area contributed by atoms with E-state index < -0.39 is 5.97 Å². The monoisotopic (exact) mass is 226 g/mol. The van der Waals surface area contributed by atoms with Gasteiger partial charge < -0.3 is 10.0 Å². The number of carboxylic acid groups (broad SMARTS) is 1. The van der Waals surface area contributed by atoms with Gasteiger partial charge in [-0.15, -0.1) is 11.3 Å². The third kappa shape index (κ3) is 2.28. The molecule has 1 N–H and O–H groups in total. The second-order valence-corrected chi connectivity index (χ2v) is 4.73. The van der Waals surface area contributed by atoms with Crippen LogP contribution in [0.15, 0.2) is 5.38 Å². The number of aromatic nitrogens is 1. The molecule has 0 amide bonds. The van der Waals surface area contributed by atoms with Gasteiger partial charge in [0.25, 0.3) is 0 Å². The summed E-state index contributed by atoms with van der Waals surface area (Å²) in [6, 6.07) is 0. The Hall–Kier alpha value is -1.10. The highest BCUT2D eigenvalue weighted by atomic mass is 32.1. The van der Waals surface area contributed by atoms with Crippen LogP contribution in [0, 0.1) is 12.8 Å². The van der Waals surface area contributed by atoms with Crippen molar-refractivity contribution in [2.24, 2.45) is 5.92 Å². The highest BCUT2D eigenvalue weighted by Gasteiger charge is 2.26. The second-order valence-electron chi connectivity index (χ2n) is 3.89. The van der Waals surface area contributed by atoms with Crippen LogP contribution in [0.25, 0.3) is 0 Å². The van der Waals surface area contributed by atoms with Gasteiger partial charge in [-0.05, 0) is 19.8 Å². The first-order valence-electron chi connectivity index (χ1n) is 5.06. The topological polar surface area (TPSA) is 53.4 Å². The number of piperidine rings is 1. The highest BCUT2D eigenvalue weighted by molar-refractivity contribution is 7.13. The number of hydrogen-bond donors (Lipinski definition) is 1. The van der Waals surface area contributed by atoms with Crippen molar-refractivity contribution in [1.82, 2.24) is 4.98 Å². The molecule has 1 aliphatic rings. The van der Waals surface area contributed by atoms with E-state index in [0.29, 0.717) is 6.54 Å². The summed E-state index contributed by atoms with van der Waals surface area (Å²) in [6.07, 6.45) is 1.73. The van der Waals surface area contributed by atoms with E-state index in [2.05, 4.69) is 9.88 Å². The highest BCUT2D eigenvalue weighted by Crippen LogP contribution is 2.26. The third-order valence-electron chi connectivity index (χ3n) is 2.65. The lowest BCUT2D eigenvalue weighted by Gasteiger charge is -2.30. The van der Waals surface area contributed by atoms with Crippen LogP contribution in [0.5, 0.6) is 0 Å². The third-order valence-corrected chi connectivity index (χ3v) is 3.67. The minimum atomic E-state index is -0.687.